The number of nitrogens with two attached hydrogens (primary N) is 1. The van der Waals surface area contributed by atoms with Crippen molar-refractivity contribution in [1.82, 2.24) is 0 Å². The van der Waals surface area contributed by atoms with Crippen LogP contribution in [0.15, 0.2) is 18.2 Å². The topological polar surface area (TPSA) is 78.4 Å². The monoisotopic (exact) mass is 298 g/mol. The maximum atomic E-state index is 11.0. The fourth-order valence-electron chi connectivity index (χ4n) is 2.79. The van der Waals surface area contributed by atoms with Crippen LogP contribution in [0.1, 0.15) is 25.7 Å². The van der Waals surface area contributed by atoms with Gasteiger partial charge in [0.2, 0.25) is 5.75 Å². The molecule has 20 heavy (non-hydrogen) atoms. The van der Waals surface area contributed by atoms with Gasteiger partial charge in [-0.2, -0.15) is 0 Å². The van der Waals surface area contributed by atoms with Crippen molar-refractivity contribution in [3.8, 4) is 5.75 Å². The number of nitro benzene ring substituents is 1. The highest BCUT2D eigenvalue weighted by atomic mass is 35.5. The first-order chi connectivity index (χ1) is 9.63. The average Bonchev–Trinajstić information content (AvgIpc) is 2.46. The molecular formula is C14H19ClN2O3. The summed E-state index contributed by atoms with van der Waals surface area (Å²) in [5.74, 6) is 0.954. The first-order valence-corrected chi connectivity index (χ1v) is 7.27. The molecule has 0 amide bonds. The van der Waals surface area contributed by atoms with Crippen LogP contribution in [0.3, 0.4) is 0 Å². The molecule has 0 radical (unpaired) electrons. The highest BCUT2D eigenvalue weighted by molar-refractivity contribution is 6.32. The zero-order chi connectivity index (χ0) is 14.5. The van der Waals surface area contributed by atoms with E-state index in [0.717, 1.165) is 19.3 Å². The van der Waals surface area contributed by atoms with Crippen LogP contribution >= 0.6 is 11.6 Å². The molecule has 0 saturated heterocycles. The molecule has 110 valence electrons. The zero-order valence-electron chi connectivity index (χ0n) is 11.3. The van der Waals surface area contributed by atoms with Crippen molar-refractivity contribution >= 4 is 17.3 Å². The second-order valence-corrected chi connectivity index (χ2v) is 5.60. The van der Waals surface area contributed by atoms with Gasteiger partial charge in [0, 0.05) is 6.07 Å². The van der Waals surface area contributed by atoms with Crippen molar-refractivity contribution in [3.05, 3.63) is 33.3 Å². The van der Waals surface area contributed by atoms with Crippen LogP contribution in [0, 0.1) is 22.0 Å². The van der Waals surface area contributed by atoms with Crippen LogP contribution in [-0.2, 0) is 0 Å². The summed E-state index contributed by atoms with van der Waals surface area (Å²) >= 11 is 6.01. The lowest BCUT2D eigenvalue weighted by atomic mass is 9.80. The second-order valence-electron chi connectivity index (χ2n) is 5.20. The van der Waals surface area contributed by atoms with Crippen molar-refractivity contribution in [2.75, 3.05) is 13.2 Å². The van der Waals surface area contributed by atoms with Crippen LogP contribution in [0.5, 0.6) is 5.75 Å². The fraction of sp³-hybridized carbons (Fsp3) is 0.571. The number of para-hydroxylation sites is 1. The number of hydrogen-bond donors (Lipinski definition) is 1. The van der Waals surface area contributed by atoms with E-state index in [-0.39, 0.29) is 16.5 Å². The molecule has 2 N–H and O–H groups in total. The van der Waals surface area contributed by atoms with E-state index in [1.54, 1.807) is 12.1 Å². The molecule has 2 unspecified atom stereocenters. The van der Waals surface area contributed by atoms with E-state index in [1.807, 2.05) is 0 Å². The minimum atomic E-state index is -0.470. The molecule has 0 aromatic heterocycles. The largest absolute Gasteiger partial charge is 0.485 e. The van der Waals surface area contributed by atoms with Gasteiger partial charge in [0.1, 0.15) is 0 Å². The Labute approximate surface area is 123 Å². The molecule has 0 aliphatic heterocycles. The fourth-order valence-corrected chi connectivity index (χ4v) is 3.01. The Morgan fingerprint density at radius 3 is 2.70 bits per heavy atom. The van der Waals surface area contributed by atoms with Crippen LogP contribution in [0.25, 0.3) is 0 Å². The Balaban J connectivity index is 2.08. The molecule has 2 atom stereocenters. The SMILES string of the molecule is NCC1CCCCC1COc1c(Cl)cccc1[N+](=O)[O-]. The summed E-state index contributed by atoms with van der Waals surface area (Å²) in [6.45, 7) is 1.07. The van der Waals surface area contributed by atoms with Crippen LogP contribution in [0.4, 0.5) is 5.69 Å². The first kappa shape index (κ1) is 15.1. The molecule has 1 aromatic rings. The Hall–Kier alpha value is -1.33. The third kappa shape index (κ3) is 3.41. The summed E-state index contributed by atoms with van der Waals surface area (Å²) in [7, 11) is 0. The highest BCUT2D eigenvalue weighted by Crippen LogP contribution is 2.36. The molecule has 1 aliphatic carbocycles. The van der Waals surface area contributed by atoms with Gasteiger partial charge in [-0.15, -0.1) is 0 Å². The third-order valence-electron chi connectivity index (χ3n) is 3.95. The van der Waals surface area contributed by atoms with E-state index in [2.05, 4.69) is 0 Å². The van der Waals surface area contributed by atoms with E-state index in [1.165, 1.54) is 12.5 Å². The van der Waals surface area contributed by atoms with E-state index >= 15 is 0 Å². The average molecular weight is 299 g/mol. The molecule has 0 spiro atoms. The van der Waals surface area contributed by atoms with Gasteiger partial charge >= 0.3 is 5.69 Å². The van der Waals surface area contributed by atoms with Crippen LogP contribution in [-0.4, -0.2) is 18.1 Å². The number of rotatable bonds is 5. The molecule has 0 heterocycles. The van der Waals surface area contributed by atoms with Gasteiger partial charge in [0.25, 0.3) is 0 Å². The summed E-state index contributed by atoms with van der Waals surface area (Å²) < 4.78 is 5.67. The Kier molecular flexibility index (Phi) is 5.20. The van der Waals surface area contributed by atoms with Gasteiger partial charge in [-0.05, 0) is 37.3 Å². The van der Waals surface area contributed by atoms with E-state index < -0.39 is 4.92 Å². The molecule has 1 fully saturated rings. The first-order valence-electron chi connectivity index (χ1n) is 6.89. The normalized spacial score (nSPS) is 22.5. The minimum absolute atomic E-state index is 0.0855. The maximum Gasteiger partial charge on any atom is 0.312 e. The summed E-state index contributed by atoms with van der Waals surface area (Å²) in [4.78, 5) is 10.5. The third-order valence-corrected chi connectivity index (χ3v) is 4.25. The molecule has 5 nitrogen and oxygen atoms in total. The second kappa shape index (κ2) is 6.90. The minimum Gasteiger partial charge on any atom is -0.485 e. The van der Waals surface area contributed by atoms with E-state index in [9.17, 15) is 10.1 Å². The molecule has 1 aliphatic rings. The number of nitro groups is 1. The predicted molar refractivity (Wildman–Crippen MR) is 78.1 cm³/mol. The summed E-state index contributed by atoms with van der Waals surface area (Å²) in [5, 5.41) is 11.3. The molecule has 1 aromatic carbocycles. The number of hydrogen-bond acceptors (Lipinski definition) is 4. The molecule has 0 bridgehead atoms. The number of nitrogens with zero attached hydrogens (tertiary/aromatic N) is 1. The smallest absolute Gasteiger partial charge is 0.312 e. The lowest BCUT2D eigenvalue weighted by molar-refractivity contribution is -0.385. The summed E-state index contributed by atoms with van der Waals surface area (Å²) in [5.41, 5.74) is 5.70. The van der Waals surface area contributed by atoms with Gasteiger partial charge in [-0.25, -0.2) is 0 Å². The standard InChI is InChI=1S/C14H19ClN2O3/c15-12-6-3-7-13(17(18)19)14(12)20-9-11-5-2-1-4-10(11)8-16/h3,6-7,10-11H,1-2,4-5,8-9,16H2. The van der Waals surface area contributed by atoms with Crippen LogP contribution < -0.4 is 10.5 Å². The number of ether oxygens (including phenoxy) is 1. The van der Waals surface area contributed by atoms with Crippen molar-refractivity contribution in [2.24, 2.45) is 17.6 Å². The Morgan fingerprint density at radius 2 is 2.05 bits per heavy atom. The van der Waals surface area contributed by atoms with Crippen molar-refractivity contribution in [3.63, 3.8) is 0 Å². The molecular weight excluding hydrogens is 280 g/mol. The lowest BCUT2D eigenvalue weighted by Gasteiger charge is -2.30. The van der Waals surface area contributed by atoms with Crippen LogP contribution in [0.2, 0.25) is 5.02 Å². The van der Waals surface area contributed by atoms with E-state index in [4.69, 9.17) is 22.1 Å². The van der Waals surface area contributed by atoms with Gasteiger partial charge in [-0.1, -0.05) is 30.5 Å². The highest BCUT2D eigenvalue weighted by Gasteiger charge is 2.26. The number of benzene rings is 1. The Morgan fingerprint density at radius 1 is 1.35 bits per heavy atom. The van der Waals surface area contributed by atoms with Gasteiger partial charge in [0.15, 0.2) is 0 Å². The van der Waals surface area contributed by atoms with Crippen molar-refractivity contribution < 1.29 is 9.66 Å². The van der Waals surface area contributed by atoms with Gasteiger partial charge < -0.3 is 10.5 Å². The van der Waals surface area contributed by atoms with Gasteiger partial charge in [0.05, 0.1) is 16.6 Å². The summed E-state index contributed by atoms with van der Waals surface area (Å²) in [6, 6.07) is 4.56. The zero-order valence-corrected chi connectivity index (χ0v) is 12.0. The molecule has 6 heteroatoms. The summed E-state index contributed by atoms with van der Waals surface area (Å²) in [6.07, 6.45) is 4.52. The molecule has 2 rings (SSSR count). The Bertz CT molecular complexity index is 481. The van der Waals surface area contributed by atoms with Crippen molar-refractivity contribution in [1.29, 1.82) is 0 Å². The number of halogens is 1. The predicted octanol–water partition coefficient (Wildman–Crippen LogP) is 3.39. The van der Waals surface area contributed by atoms with Crippen molar-refractivity contribution in [2.45, 2.75) is 25.7 Å². The molecule has 1 saturated carbocycles. The van der Waals surface area contributed by atoms with E-state index in [0.29, 0.717) is 25.0 Å². The maximum absolute atomic E-state index is 11.0. The lowest BCUT2D eigenvalue weighted by Crippen LogP contribution is -2.30. The quantitative estimate of drug-likeness (QED) is 0.667. The van der Waals surface area contributed by atoms with Gasteiger partial charge in [-0.3, -0.25) is 10.1 Å².